The summed E-state index contributed by atoms with van der Waals surface area (Å²) in [5.74, 6) is -2.41. The molecule has 2 N–H and O–H groups in total. The highest BCUT2D eigenvalue weighted by molar-refractivity contribution is 5.79. The number of halogens is 2. The van der Waals surface area contributed by atoms with Crippen LogP contribution in [0.1, 0.15) is 38.3 Å². The molecule has 1 saturated heterocycles. The molecule has 1 heterocycles. The van der Waals surface area contributed by atoms with Gasteiger partial charge in [-0.1, -0.05) is 6.07 Å². The van der Waals surface area contributed by atoms with Gasteiger partial charge in [0.2, 0.25) is 17.7 Å². The van der Waals surface area contributed by atoms with Crippen molar-refractivity contribution in [2.24, 2.45) is 0 Å². The molecule has 25 heavy (non-hydrogen) atoms. The molecule has 0 aromatic heterocycles. The summed E-state index contributed by atoms with van der Waals surface area (Å²) in [4.78, 5) is 36.6. The molecule has 1 aromatic carbocycles. The summed E-state index contributed by atoms with van der Waals surface area (Å²) >= 11 is 0. The van der Waals surface area contributed by atoms with Crippen molar-refractivity contribution in [3.05, 3.63) is 35.4 Å². The van der Waals surface area contributed by atoms with Crippen LogP contribution in [0.15, 0.2) is 18.2 Å². The molecule has 1 aromatic rings. The molecule has 0 spiro atoms. The fraction of sp³-hybridized carbons (Fsp3) is 0.471. The summed E-state index contributed by atoms with van der Waals surface area (Å²) in [7, 11) is 0. The van der Waals surface area contributed by atoms with Crippen molar-refractivity contribution in [3.8, 4) is 0 Å². The molecule has 3 amide bonds. The van der Waals surface area contributed by atoms with Crippen molar-refractivity contribution in [2.75, 3.05) is 13.1 Å². The lowest BCUT2D eigenvalue weighted by Crippen LogP contribution is -2.40. The Morgan fingerprint density at radius 3 is 2.56 bits per heavy atom. The SMILES string of the molecule is CC(=O)NC(CC(=O)N[C@@H]1CCN(C(C)=O)C1)c1ccc(F)cc1F. The number of nitrogens with one attached hydrogen (secondary N) is 2. The summed E-state index contributed by atoms with van der Waals surface area (Å²) in [5, 5.41) is 5.30. The number of carbonyl (C=O) groups is 3. The van der Waals surface area contributed by atoms with Gasteiger partial charge in [0.1, 0.15) is 11.6 Å². The Bertz CT molecular complexity index is 681. The highest BCUT2D eigenvalue weighted by atomic mass is 19.1. The standard InChI is InChI=1S/C17H21F2N3O3/c1-10(23)20-16(14-4-3-12(18)7-15(14)19)8-17(25)21-13-5-6-22(9-13)11(2)24/h3-4,7,13,16H,5-6,8-9H2,1-2H3,(H,20,23)(H,21,25)/t13-,16?/m1/s1. The van der Waals surface area contributed by atoms with Gasteiger partial charge in [0.25, 0.3) is 0 Å². The highest BCUT2D eigenvalue weighted by Gasteiger charge is 2.27. The number of nitrogens with zero attached hydrogens (tertiary/aromatic N) is 1. The molecule has 0 saturated carbocycles. The zero-order chi connectivity index (χ0) is 18.6. The summed E-state index contributed by atoms with van der Waals surface area (Å²) in [6.07, 6.45) is 0.458. The van der Waals surface area contributed by atoms with Crippen molar-refractivity contribution < 1.29 is 23.2 Å². The fourth-order valence-corrected chi connectivity index (χ4v) is 2.90. The van der Waals surface area contributed by atoms with Crippen LogP contribution >= 0.6 is 0 Å². The van der Waals surface area contributed by atoms with Gasteiger partial charge in [-0.05, 0) is 12.5 Å². The van der Waals surface area contributed by atoms with Gasteiger partial charge in [-0.15, -0.1) is 0 Å². The van der Waals surface area contributed by atoms with Crippen LogP contribution in [0.3, 0.4) is 0 Å². The summed E-state index contributed by atoms with van der Waals surface area (Å²) in [6, 6.07) is 1.93. The van der Waals surface area contributed by atoms with Crippen LogP contribution in [0, 0.1) is 11.6 Å². The van der Waals surface area contributed by atoms with Crippen LogP contribution in [-0.4, -0.2) is 41.8 Å². The number of hydrogen-bond acceptors (Lipinski definition) is 3. The van der Waals surface area contributed by atoms with E-state index in [2.05, 4.69) is 10.6 Å². The molecule has 6 nitrogen and oxygen atoms in total. The molecule has 0 aliphatic carbocycles. The average Bonchev–Trinajstić information content (AvgIpc) is 2.94. The van der Waals surface area contributed by atoms with Gasteiger partial charge >= 0.3 is 0 Å². The first-order valence-electron chi connectivity index (χ1n) is 8.03. The Morgan fingerprint density at radius 1 is 1.28 bits per heavy atom. The molecule has 0 radical (unpaired) electrons. The number of benzene rings is 1. The molecule has 8 heteroatoms. The van der Waals surface area contributed by atoms with Crippen LogP contribution in [0.4, 0.5) is 8.78 Å². The second kappa shape index (κ2) is 8.04. The number of carbonyl (C=O) groups excluding carboxylic acids is 3. The minimum atomic E-state index is -0.900. The Balaban J connectivity index is 2.03. The summed E-state index contributed by atoms with van der Waals surface area (Å²) in [5.41, 5.74) is 0.0449. The maximum Gasteiger partial charge on any atom is 0.222 e. The van der Waals surface area contributed by atoms with Gasteiger partial charge in [-0.25, -0.2) is 8.78 Å². The third-order valence-corrected chi connectivity index (χ3v) is 4.10. The topological polar surface area (TPSA) is 78.5 Å². The summed E-state index contributed by atoms with van der Waals surface area (Å²) < 4.78 is 27.0. The zero-order valence-corrected chi connectivity index (χ0v) is 14.1. The quantitative estimate of drug-likeness (QED) is 0.837. The minimum Gasteiger partial charge on any atom is -0.351 e. The monoisotopic (exact) mass is 353 g/mol. The highest BCUT2D eigenvalue weighted by Crippen LogP contribution is 2.21. The van der Waals surface area contributed by atoms with E-state index >= 15 is 0 Å². The number of hydrogen-bond donors (Lipinski definition) is 2. The predicted molar refractivity (Wildman–Crippen MR) is 86.3 cm³/mol. The van der Waals surface area contributed by atoms with Gasteiger partial charge in [-0.2, -0.15) is 0 Å². The van der Waals surface area contributed by atoms with Crippen LogP contribution < -0.4 is 10.6 Å². The van der Waals surface area contributed by atoms with E-state index < -0.39 is 23.6 Å². The second-order valence-corrected chi connectivity index (χ2v) is 6.14. The van der Waals surface area contributed by atoms with E-state index in [1.54, 1.807) is 4.90 Å². The van der Waals surface area contributed by atoms with Gasteiger partial charge < -0.3 is 15.5 Å². The Morgan fingerprint density at radius 2 is 2.00 bits per heavy atom. The zero-order valence-electron chi connectivity index (χ0n) is 14.1. The van der Waals surface area contributed by atoms with E-state index in [1.807, 2.05) is 0 Å². The molecule has 0 bridgehead atoms. The smallest absolute Gasteiger partial charge is 0.222 e. The molecule has 136 valence electrons. The summed E-state index contributed by atoms with van der Waals surface area (Å²) in [6.45, 7) is 3.72. The first-order chi connectivity index (χ1) is 11.8. The largest absolute Gasteiger partial charge is 0.351 e. The second-order valence-electron chi connectivity index (χ2n) is 6.14. The number of likely N-dealkylation sites (tertiary alicyclic amines) is 1. The molecule has 1 unspecified atom stereocenters. The van der Waals surface area contributed by atoms with E-state index in [-0.39, 0.29) is 29.8 Å². The maximum absolute atomic E-state index is 14.0. The predicted octanol–water partition coefficient (Wildman–Crippen LogP) is 1.27. The van der Waals surface area contributed by atoms with E-state index in [0.717, 1.165) is 6.07 Å². The van der Waals surface area contributed by atoms with Gasteiger partial charge in [-0.3, -0.25) is 14.4 Å². The van der Waals surface area contributed by atoms with Crippen molar-refractivity contribution in [1.82, 2.24) is 15.5 Å². The first kappa shape index (κ1) is 18.8. The third kappa shape index (κ3) is 5.23. The van der Waals surface area contributed by atoms with Gasteiger partial charge in [0.05, 0.1) is 12.5 Å². The lowest BCUT2D eigenvalue weighted by Gasteiger charge is -2.20. The van der Waals surface area contributed by atoms with Crippen LogP contribution in [0.5, 0.6) is 0 Å². The Hall–Kier alpha value is -2.51. The van der Waals surface area contributed by atoms with Crippen molar-refractivity contribution in [3.63, 3.8) is 0 Å². The van der Waals surface area contributed by atoms with Gasteiger partial charge in [0.15, 0.2) is 0 Å². The fourth-order valence-electron chi connectivity index (χ4n) is 2.90. The van der Waals surface area contributed by atoms with Gasteiger partial charge in [0, 0.05) is 44.6 Å². The van der Waals surface area contributed by atoms with E-state index in [0.29, 0.717) is 25.6 Å². The molecule has 2 atom stereocenters. The molecule has 1 fully saturated rings. The lowest BCUT2D eigenvalue weighted by atomic mass is 10.0. The van der Waals surface area contributed by atoms with Crippen LogP contribution in [-0.2, 0) is 14.4 Å². The average molecular weight is 353 g/mol. The third-order valence-electron chi connectivity index (χ3n) is 4.10. The molecular weight excluding hydrogens is 332 g/mol. The Labute approximate surface area is 144 Å². The molecule has 2 rings (SSSR count). The minimum absolute atomic E-state index is 0.0449. The Kier molecular flexibility index (Phi) is 6.06. The molecule has 1 aliphatic rings. The van der Waals surface area contributed by atoms with E-state index in [9.17, 15) is 23.2 Å². The molecule has 1 aliphatic heterocycles. The van der Waals surface area contributed by atoms with Crippen molar-refractivity contribution in [2.45, 2.75) is 38.8 Å². The number of amides is 3. The number of rotatable bonds is 5. The van der Waals surface area contributed by atoms with Crippen molar-refractivity contribution in [1.29, 1.82) is 0 Å². The van der Waals surface area contributed by atoms with Crippen molar-refractivity contribution >= 4 is 17.7 Å². The van der Waals surface area contributed by atoms with E-state index in [4.69, 9.17) is 0 Å². The molecular formula is C17H21F2N3O3. The lowest BCUT2D eigenvalue weighted by molar-refractivity contribution is -0.128. The van der Waals surface area contributed by atoms with Crippen LogP contribution in [0.25, 0.3) is 0 Å². The van der Waals surface area contributed by atoms with Crippen LogP contribution in [0.2, 0.25) is 0 Å². The van der Waals surface area contributed by atoms with E-state index in [1.165, 1.54) is 19.9 Å². The first-order valence-corrected chi connectivity index (χ1v) is 8.03. The maximum atomic E-state index is 14.0. The normalized spacial score (nSPS) is 17.9.